The van der Waals surface area contributed by atoms with E-state index in [1.54, 1.807) is 12.0 Å². The van der Waals surface area contributed by atoms with Crippen molar-refractivity contribution in [3.8, 4) is 0 Å². The zero-order valence-electron chi connectivity index (χ0n) is 17.5. The van der Waals surface area contributed by atoms with Gasteiger partial charge in [0.15, 0.2) is 0 Å². The first-order valence-corrected chi connectivity index (χ1v) is 11.7. The largest absolute Gasteiger partial charge is 0.385 e. The molecule has 1 amide bonds. The molecular weight excluding hydrogens is 414 g/mol. The number of methoxy groups -OCH3 is 1. The molecule has 5 nitrogen and oxygen atoms in total. The number of ether oxygens (including phenoxy) is 1. The number of hydrogen-bond donors (Lipinski definition) is 0. The number of rotatable bonds is 6. The van der Waals surface area contributed by atoms with Gasteiger partial charge in [0.2, 0.25) is 0 Å². The van der Waals surface area contributed by atoms with Crippen molar-refractivity contribution in [3.63, 3.8) is 0 Å². The summed E-state index contributed by atoms with van der Waals surface area (Å²) in [6.07, 6.45) is 5.07. The number of para-hydroxylation sites is 1. The highest BCUT2D eigenvalue weighted by Gasteiger charge is 2.32. The molecule has 2 aliphatic heterocycles. The van der Waals surface area contributed by atoms with Gasteiger partial charge in [-0.15, -0.1) is 0 Å². The molecule has 158 valence electrons. The van der Waals surface area contributed by atoms with Gasteiger partial charge in [0, 0.05) is 44.3 Å². The van der Waals surface area contributed by atoms with Crippen LogP contribution >= 0.6 is 24.0 Å². The summed E-state index contributed by atoms with van der Waals surface area (Å²) in [7, 11) is 1.67. The fourth-order valence-corrected chi connectivity index (χ4v) is 5.20. The van der Waals surface area contributed by atoms with Crippen LogP contribution < -0.4 is 4.90 Å². The summed E-state index contributed by atoms with van der Waals surface area (Å²) in [5, 5.41) is 1.08. The molecule has 1 aromatic carbocycles. The van der Waals surface area contributed by atoms with E-state index < -0.39 is 0 Å². The van der Waals surface area contributed by atoms with E-state index in [0.29, 0.717) is 22.4 Å². The number of thioether (sulfide) groups is 1. The van der Waals surface area contributed by atoms with Crippen molar-refractivity contribution >= 4 is 57.0 Å². The second-order valence-electron chi connectivity index (χ2n) is 7.94. The van der Waals surface area contributed by atoms with Gasteiger partial charge in [0.1, 0.15) is 10.1 Å². The number of anilines is 1. The molecule has 2 aromatic rings. The maximum atomic E-state index is 13.0. The molecule has 2 saturated heterocycles. The number of fused-ring (bicyclic) bond motifs is 1. The minimum Gasteiger partial charge on any atom is -0.385 e. The van der Waals surface area contributed by atoms with E-state index in [0.717, 1.165) is 60.6 Å². The van der Waals surface area contributed by atoms with Gasteiger partial charge >= 0.3 is 0 Å². The highest BCUT2D eigenvalue weighted by molar-refractivity contribution is 8.26. The van der Waals surface area contributed by atoms with Crippen molar-refractivity contribution < 1.29 is 9.53 Å². The van der Waals surface area contributed by atoms with Gasteiger partial charge < -0.3 is 9.64 Å². The van der Waals surface area contributed by atoms with Crippen LogP contribution in [0.4, 0.5) is 5.82 Å². The molecule has 0 spiro atoms. The number of hydrogen-bond acceptors (Lipinski definition) is 6. The summed E-state index contributed by atoms with van der Waals surface area (Å²) < 4.78 is 5.72. The van der Waals surface area contributed by atoms with Crippen molar-refractivity contribution in [2.45, 2.75) is 26.2 Å². The molecule has 1 aromatic heterocycles. The molecule has 0 atom stereocenters. The molecule has 0 unspecified atom stereocenters. The van der Waals surface area contributed by atoms with E-state index >= 15 is 0 Å². The number of thiocarbonyl (C=S) groups is 1. The molecule has 0 saturated carbocycles. The molecule has 2 aliphatic rings. The summed E-state index contributed by atoms with van der Waals surface area (Å²) in [5.74, 6) is 1.69. The Bertz CT molecular complexity index is 984. The first-order chi connectivity index (χ1) is 14.6. The van der Waals surface area contributed by atoms with Crippen molar-refractivity contribution in [1.82, 2.24) is 9.88 Å². The Labute approximate surface area is 187 Å². The summed E-state index contributed by atoms with van der Waals surface area (Å²) in [6, 6.07) is 10.3. The topological polar surface area (TPSA) is 45.7 Å². The predicted molar refractivity (Wildman–Crippen MR) is 129 cm³/mol. The van der Waals surface area contributed by atoms with Gasteiger partial charge in [-0.05, 0) is 43.4 Å². The summed E-state index contributed by atoms with van der Waals surface area (Å²) in [6.45, 7) is 5.49. The number of carbonyl (C=O) groups excluding carboxylic acids is 1. The molecule has 2 fully saturated rings. The Morgan fingerprint density at radius 1 is 1.30 bits per heavy atom. The standard InChI is InChI=1S/C23H27N3O2S2/c1-16-8-11-25(12-9-16)21-18(14-17-6-3-4-7-19(17)24-21)15-20-22(27)26(23(29)30-20)10-5-13-28-2/h3-4,6-7,14-16H,5,8-13H2,1-2H3/b20-15-. The molecule has 0 bridgehead atoms. The first kappa shape index (κ1) is 21.3. The average Bonchev–Trinajstić information content (AvgIpc) is 3.01. The molecule has 4 rings (SSSR count). The van der Waals surface area contributed by atoms with Crippen LogP contribution in [-0.2, 0) is 9.53 Å². The normalized spacial score (nSPS) is 19.5. The Morgan fingerprint density at radius 2 is 2.07 bits per heavy atom. The van der Waals surface area contributed by atoms with Gasteiger partial charge in [-0.3, -0.25) is 9.69 Å². The van der Waals surface area contributed by atoms with Crippen molar-refractivity contribution in [2.24, 2.45) is 5.92 Å². The third-order valence-electron chi connectivity index (χ3n) is 5.71. The number of pyridine rings is 1. The first-order valence-electron chi connectivity index (χ1n) is 10.5. The Kier molecular flexibility index (Phi) is 6.71. The smallest absolute Gasteiger partial charge is 0.266 e. The zero-order valence-corrected chi connectivity index (χ0v) is 19.1. The lowest BCUT2D eigenvalue weighted by Crippen LogP contribution is -2.34. The quantitative estimate of drug-likeness (QED) is 0.368. The maximum absolute atomic E-state index is 13.0. The van der Waals surface area contributed by atoms with Crippen LogP contribution in [-0.4, -0.2) is 53.5 Å². The molecule has 3 heterocycles. The second-order valence-corrected chi connectivity index (χ2v) is 9.62. The molecule has 7 heteroatoms. The van der Waals surface area contributed by atoms with E-state index in [2.05, 4.69) is 24.0 Å². The van der Waals surface area contributed by atoms with Crippen LogP contribution in [0.1, 0.15) is 31.7 Å². The number of carbonyl (C=O) groups is 1. The highest BCUT2D eigenvalue weighted by Crippen LogP contribution is 2.35. The van der Waals surface area contributed by atoms with Crippen LogP contribution in [0.25, 0.3) is 17.0 Å². The molecular formula is C23H27N3O2S2. The monoisotopic (exact) mass is 441 g/mol. The number of aromatic nitrogens is 1. The predicted octanol–water partition coefficient (Wildman–Crippen LogP) is 4.71. The number of benzene rings is 1. The Hall–Kier alpha value is -1.96. The summed E-state index contributed by atoms with van der Waals surface area (Å²) >= 11 is 6.85. The minimum absolute atomic E-state index is 0.0209. The molecule has 0 aliphatic carbocycles. The lowest BCUT2D eigenvalue weighted by molar-refractivity contribution is -0.122. The van der Waals surface area contributed by atoms with E-state index in [4.69, 9.17) is 21.9 Å². The fraction of sp³-hybridized carbons (Fsp3) is 0.435. The van der Waals surface area contributed by atoms with Crippen molar-refractivity contribution in [1.29, 1.82) is 0 Å². The Balaban J connectivity index is 1.68. The number of amides is 1. The fourth-order valence-electron chi connectivity index (χ4n) is 3.90. The SMILES string of the molecule is COCCCN1C(=O)/C(=C/c2cc3ccccc3nc2N2CCC(C)CC2)SC1=S. The highest BCUT2D eigenvalue weighted by atomic mass is 32.2. The van der Waals surface area contributed by atoms with Gasteiger partial charge in [-0.25, -0.2) is 4.98 Å². The van der Waals surface area contributed by atoms with Gasteiger partial charge in [0.25, 0.3) is 5.91 Å². The molecule has 30 heavy (non-hydrogen) atoms. The number of nitrogens with zero attached hydrogens (tertiary/aromatic N) is 3. The van der Waals surface area contributed by atoms with E-state index in [9.17, 15) is 4.79 Å². The lowest BCUT2D eigenvalue weighted by Gasteiger charge is -2.32. The molecule has 0 N–H and O–H groups in total. The zero-order chi connectivity index (χ0) is 21.1. The maximum Gasteiger partial charge on any atom is 0.266 e. The van der Waals surface area contributed by atoms with Crippen molar-refractivity contribution in [2.75, 3.05) is 38.3 Å². The van der Waals surface area contributed by atoms with Crippen LogP contribution in [0.5, 0.6) is 0 Å². The van der Waals surface area contributed by atoms with Gasteiger partial charge in [-0.2, -0.15) is 0 Å². The van der Waals surface area contributed by atoms with Gasteiger partial charge in [-0.1, -0.05) is 49.1 Å². The summed E-state index contributed by atoms with van der Waals surface area (Å²) in [5.41, 5.74) is 1.97. The summed E-state index contributed by atoms with van der Waals surface area (Å²) in [4.78, 5) is 22.7. The van der Waals surface area contributed by atoms with E-state index in [1.165, 1.54) is 11.8 Å². The number of piperidine rings is 1. The van der Waals surface area contributed by atoms with Gasteiger partial charge in [0.05, 0.1) is 10.4 Å². The Morgan fingerprint density at radius 3 is 2.83 bits per heavy atom. The lowest BCUT2D eigenvalue weighted by atomic mass is 9.98. The van der Waals surface area contributed by atoms with Crippen LogP contribution in [0, 0.1) is 5.92 Å². The molecule has 0 radical (unpaired) electrons. The minimum atomic E-state index is -0.0209. The second kappa shape index (κ2) is 9.45. The third-order valence-corrected chi connectivity index (χ3v) is 7.08. The third kappa shape index (κ3) is 4.53. The van der Waals surface area contributed by atoms with Crippen LogP contribution in [0.3, 0.4) is 0 Å². The van der Waals surface area contributed by atoms with E-state index in [-0.39, 0.29) is 5.91 Å². The average molecular weight is 442 g/mol. The van der Waals surface area contributed by atoms with Crippen LogP contribution in [0.15, 0.2) is 35.2 Å². The van der Waals surface area contributed by atoms with Crippen LogP contribution in [0.2, 0.25) is 0 Å². The van der Waals surface area contributed by atoms with E-state index in [1.807, 2.05) is 24.3 Å². The van der Waals surface area contributed by atoms with Crippen molar-refractivity contribution in [3.05, 3.63) is 40.8 Å².